The van der Waals surface area contributed by atoms with Crippen LogP contribution in [0, 0.1) is 0 Å². The standard InChI is InChI=1S/C20H22N2O4/c1-4-20(19(25)26,18(24)21-22(2)3)16-12-8-11-15(13-16)17(23)14-9-6-5-7-10-14/h5-13H,4H2,1-3H3,(H,21,24)(H,25,26). The van der Waals surface area contributed by atoms with Gasteiger partial charge in [-0.15, -0.1) is 0 Å². The second kappa shape index (κ2) is 7.93. The molecule has 136 valence electrons. The van der Waals surface area contributed by atoms with Crippen molar-refractivity contribution in [1.29, 1.82) is 0 Å². The predicted molar refractivity (Wildman–Crippen MR) is 97.8 cm³/mol. The molecule has 1 atom stereocenters. The maximum Gasteiger partial charge on any atom is 0.323 e. The van der Waals surface area contributed by atoms with Gasteiger partial charge >= 0.3 is 5.97 Å². The fourth-order valence-electron chi connectivity index (χ4n) is 2.85. The van der Waals surface area contributed by atoms with Gasteiger partial charge in [0.25, 0.3) is 5.91 Å². The van der Waals surface area contributed by atoms with Crippen LogP contribution in [0.25, 0.3) is 0 Å². The number of rotatable bonds is 7. The molecule has 6 nitrogen and oxygen atoms in total. The summed E-state index contributed by atoms with van der Waals surface area (Å²) in [4.78, 5) is 37.4. The molecular weight excluding hydrogens is 332 g/mol. The third-order valence-corrected chi connectivity index (χ3v) is 4.26. The van der Waals surface area contributed by atoms with Gasteiger partial charge in [-0.3, -0.25) is 19.8 Å². The second-order valence-corrected chi connectivity index (χ2v) is 6.18. The molecule has 0 radical (unpaired) electrons. The first-order valence-corrected chi connectivity index (χ1v) is 8.25. The summed E-state index contributed by atoms with van der Waals surface area (Å²) >= 11 is 0. The molecule has 6 heteroatoms. The van der Waals surface area contributed by atoms with Gasteiger partial charge in [0, 0.05) is 25.2 Å². The van der Waals surface area contributed by atoms with Crippen LogP contribution in [0.4, 0.5) is 0 Å². The minimum atomic E-state index is -1.78. The van der Waals surface area contributed by atoms with Crippen molar-refractivity contribution in [3.05, 3.63) is 71.3 Å². The summed E-state index contributed by atoms with van der Waals surface area (Å²) in [6.45, 7) is 1.63. The van der Waals surface area contributed by atoms with Gasteiger partial charge in [-0.1, -0.05) is 55.5 Å². The summed E-state index contributed by atoms with van der Waals surface area (Å²) in [6, 6.07) is 15.0. The minimum absolute atomic E-state index is 0.0466. The lowest BCUT2D eigenvalue weighted by atomic mass is 9.76. The van der Waals surface area contributed by atoms with Crippen LogP contribution in [0.3, 0.4) is 0 Å². The minimum Gasteiger partial charge on any atom is -0.480 e. The molecule has 1 unspecified atom stereocenters. The average Bonchev–Trinajstić information content (AvgIpc) is 2.62. The topological polar surface area (TPSA) is 86.7 Å². The number of benzene rings is 2. The molecule has 0 heterocycles. The van der Waals surface area contributed by atoms with Crippen LogP contribution in [0.15, 0.2) is 54.6 Å². The SMILES string of the molecule is CCC(C(=O)O)(C(=O)NN(C)C)c1cccc(C(=O)c2ccccc2)c1. The molecule has 2 N–H and O–H groups in total. The maximum absolute atomic E-state index is 12.7. The molecule has 26 heavy (non-hydrogen) atoms. The highest BCUT2D eigenvalue weighted by Crippen LogP contribution is 2.30. The first kappa shape index (κ1) is 19.3. The first-order chi connectivity index (χ1) is 12.3. The van der Waals surface area contributed by atoms with Crippen molar-refractivity contribution in [1.82, 2.24) is 10.4 Å². The summed E-state index contributed by atoms with van der Waals surface area (Å²) in [5, 5.41) is 11.2. The summed E-state index contributed by atoms with van der Waals surface area (Å²) in [5.74, 6) is -2.14. The van der Waals surface area contributed by atoms with Crippen molar-refractivity contribution in [3.63, 3.8) is 0 Å². The maximum atomic E-state index is 12.7. The Hall–Kier alpha value is -2.99. The number of nitrogens with one attached hydrogen (secondary N) is 1. The van der Waals surface area contributed by atoms with Gasteiger partial charge in [-0.2, -0.15) is 0 Å². The number of ketones is 1. The lowest BCUT2D eigenvalue weighted by molar-refractivity contribution is -0.151. The van der Waals surface area contributed by atoms with E-state index in [1.54, 1.807) is 63.5 Å². The Kier molecular flexibility index (Phi) is 5.90. The molecule has 2 aromatic carbocycles. The van der Waals surface area contributed by atoms with E-state index in [0.717, 1.165) is 0 Å². The van der Waals surface area contributed by atoms with Crippen molar-refractivity contribution in [3.8, 4) is 0 Å². The predicted octanol–water partition coefficient (Wildman–Crippen LogP) is 2.24. The van der Waals surface area contributed by atoms with E-state index in [9.17, 15) is 19.5 Å². The zero-order valence-corrected chi connectivity index (χ0v) is 15.0. The Morgan fingerprint density at radius 3 is 2.15 bits per heavy atom. The Morgan fingerprint density at radius 1 is 1.00 bits per heavy atom. The van der Waals surface area contributed by atoms with Gasteiger partial charge in [0.1, 0.15) is 0 Å². The van der Waals surface area contributed by atoms with E-state index in [4.69, 9.17) is 0 Å². The number of carbonyl (C=O) groups excluding carboxylic acids is 2. The van der Waals surface area contributed by atoms with Crippen LogP contribution in [0.2, 0.25) is 0 Å². The van der Waals surface area contributed by atoms with Crippen molar-refractivity contribution >= 4 is 17.7 Å². The Bertz CT molecular complexity index is 818. The number of amides is 1. The van der Waals surface area contributed by atoms with E-state index < -0.39 is 17.3 Å². The van der Waals surface area contributed by atoms with Gasteiger partial charge in [-0.05, 0) is 18.1 Å². The Morgan fingerprint density at radius 2 is 1.62 bits per heavy atom. The Balaban J connectivity index is 2.52. The normalized spacial score (nSPS) is 13.1. The highest BCUT2D eigenvalue weighted by Gasteiger charge is 2.46. The largest absolute Gasteiger partial charge is 0.480 e. The fourth-order valence-corrected chi connectivity index (χ4v) is 2.85. The smallest absolute Gasteiger partial charge is 0.323 e. The van der Waals surface area contributed by atoms with Crippen LogP contribution in [-0.4, -0.2) is 41.9 Å². The summed E-state index contributed by atoms with van der Waals surface area (Å²) in [6.07, 6.45) is 0.0466. The third-order valence-electron chi connectivity index (χ3n) is 4.26. The van der Waals surface area contributed by atoms with Crippen LogP contribution in [0.1, 0.15) is 34.8 Å². The molecule has 1 amide bonds. The number of hydrogen-bond acceptors (Lipinski definition) is 4. The molecule has 0 fully saturated rings. The van der Waals surface area contributed by atoms with Crippen LogP contribution >= 0.6 is 0 Å². The zero-order valence-electron chi connectivity index (χ0n) is 15.0. The number of hydrazine groups is 1. The molecule has 0 aliphatic rings. The molecule has 0 aliphatic heterocycles. The monoisotopic (exact) mass is 354 g/mol. The molecule has 0 saturated carbocycles. The van der Waals surface area contributed by atoms with Gasteiger partial charge in [0.2, 0.25) is 0 Å². The van der Waals surface area contributed by atoms with Crippen molar-refractivity contribution in [2.24, 2.45) is 0 Å². The van der Waals surface area contributed by atoms with Crippen LogP contribution in [-0.2, 0) is 15.0 Å². The number of aliphatic carboxylic acids is 1. The summed E-state index contributed by atoms with van der Waals surface area (Å²) in [5.41, 5.74) is 1.85. The summed E-state index contributed by atoms with van der Waals surface area (Å²) < 4.78 is 0. The number of carbonyl (C=O) groups is 3. The van der Waals surface area contributed by atoms with Crippen molar-refractivity contribution in [2.45, 2.75) is 18.8 Å². The molecule has 0 aliphatic carbocycles. The van der Waals surface area contributed by atoms with E-state index in [2.05, 4.69) is 5.43 Å². The average molecular weight is 354 g/mol. The molecule has 0 spiro atoms. The first-order valence-electron chi connectivity index (χ1n) is 8.25. The highest BCUT2D eigenvalue weighted by molar-refractivity contribution is 6.11. The van der Waals surface area contributed by atoms with Gasteiger partial charge in [0.05, 0.1) is 0 Å². The van der Waals surface area contributed by atoms with Crippen LogP contribution in [0.5, 0.6) is 0 Å². The number of hydrogen-bond donors (Lipinski definition) is 2. The lowest BCUT2D eigenvalue weighted by Crippen LogP contribution is -2.53. The third kappa shape index (κ3) is 3.65. The van der Waals surface area contributed by atoms with Gasteiger partial charge in [0.15, 0.2) is 11.2 Å². The summed E-state index contributed by atoms with van der Waals surface area (Å²) in [7, 11) is 3.21. The van der Waals surface area contributed by atoms with E-state index >= 15 is 0 Å². The van der Waals surface area contributed by atoms with E-state index in [1.807, 2.05) is 6.07 Å². The molecule has 0 saturated heterocycles. The van der Waals surface area contributed by atoms with E-state index in [1.165, 1.54) is 11.1 Å². The van der Waals surface area contributed by atoms with Crippen molar-refractivity contribution in [2.75, 3.05) is 14.1 Å². The van der Waals surface area contributed by atoms with Crippen molar-refractivity contribution < 1.29 is 19.5 Å². The molecule has 2 aromatic rings. The number of carboxylic acids is 1. The number of carboxylic acid groups (broad SMARTS) is 1. The molecule has 0 aromatic heterocycles. The van der Waals surface area contributed by atoms with Gasteiger partial charge < -0.3 is 5.11 Å². The van der Waals surface area contributed by atoms with Gasteiger partial charge in [-0.25, -0.2) is 5.01 Å². The lowest BCUT2D eigenvalue weighted by Gasteiger charge is -2.29. The number of nitrogens with zero attached hydrogens (tertiary/aromatic N) is 1. The van der Waals surface area contributed by atoms with E-state index in [-0.39, 0.29) is 17.8 Å². The highest BCUT2D eigenvalue weighted by atomic mass is 16.4. The fraction of sp³-hybridized carbons (Fsp3) is 0.250. The Labute approximate surface area is 152 Å². The molecule has 2 rings (SSSR count). The molecular formula is C20H22N2O4. The quantitative estimate of drug-likeness (QED) is 0.452. The second-order valence-electron chi connectivity index (χ2n) is 6.18. The van der Waals surface area contributed by atoms with Crippen LogP contribution < -0.4 is 5.43 Å². The zero-order chi connectivity index (χ0) is 19.3. The van der Waals surface area contributed by atoms with E-state index in [0.29, 0.717) is 11.1 Å². The molecule has 0 bridgehead atoms.